The molecular weight excluding hydrogens is 299 g/mol. The van der Waals surface area contributed by atoms with Crippen molar-refractivity contribution in [1.29, 1.82) is 0 Å². The second kappa shape index (κ2) is 9.06. The molecule has 4 nitrogen and oxygen atoms in total. The zero-order chi connectivity index (χ0) is 14.3. The van der Waals surface area contributed by atoms with E-state index in [1.54, 1.807) is 24.3 Å². The van der Waals surface area contributed by atoms with Gasteiger partial charge in [0.25, 0.3) is 5.91 Å². The molecule has 0 spiro atoms. The molecule has 3 N–H and O–H groups in total. The average molecular weight is 321 g/mol. The minimum Gasteiger partial charge on any atom is -0.484 e. The van der Waals surface area contributed by atoms with Crippen molar-refractivity contribution in [2.75, 3.05) is 13.2 Å². The van der Waals surface area contributed by atoms with Crippen molar-refractivity contribution in [1.82, 2.24) is 5.32 Å². The summed E-state index contributed by atoms with van der Waals surface area (Å²) in [5, 5.41) is 3.52. The van der Waals surface area contributed by atoms with Gasteiger partial charge in [-0.2, -0.15) is 0 Å². The van der Waals surface area contributed by atoms with Gasteiger partial charge >= 0.3 is 0 Å². The Morgan fingerprint density at radius 3 is 2.55 bits per heavy atom. The number of nitrogens with one attached hydrogen (secondary N) is 1. The molecule has 0 unspecified atom stereocenters. The lowest BCUT2D eigenvalue weighted by molar-refractivity contribution is -0.125. The minimum absolute atomic E-state index is 0. The summed E-state index contributed by atoms with van der Waals surface area (Å²) in [6.07, 6.45) is 1.59. The molecule has 1 rings (SSSR count). The van der Waals surface area contributed by atoms with Crippen LogP contribution in [-0.2, 0) is 4.79 Å². The first kappa shape index (κ1) is 19.0. The molecule has 0 heterocycles. The molecule has 0 saturated heterocycles. The molecule has 6 heteroatoms. The van der Waals surface area contributed by atoms with Gasteiger partial charge in [0.05, 0.1) is 5.54 Å². The number of benzene rings is 1. The van der Waals surface area contributed by atoms with Crippen LogP contribution in [0.2, 0.25) is 5.02 Å². The topological polar surface area (TPSA) is 64.3 Å². The SMILES string of the molecule is CCC(CC)(CN)NC(=O)COc1cccc(Cl)c1.Cl. The third-order valence-corrected chi connectivity index (χ3v) is 3.55. The maximum atomic E-state index is 11.9. The fraction of sp³-hybridized carbons (Fsp3) is 0.500. The summed E-state index contributed by atoms with van der Waals surface area (Å²) in [5.41, 5.74) is 5.39. The molecular formula is C14H22Cl2N2O2. The highest BCUT2D eigenvalue weighted by Gasteiger charge is 2.26. The van der Waals surface area contributed by atoms with Crippen LogP contribution in [0.25, 0.3) is 0 Å². The fourth-order valence-electron chi connectivity index (χ4n) is 1.80. The quantitative estimate of drug-likeness (QED) is 0.812. The van der Waals surface area contributed by atoms with E-state index < -0.39 is 0 Å². The molecule has 0 bridgehead atoms. The van der Waals surface area contributed by atoms with E-state index in [0.717, 1.165) is 12.8 Å². The van der Waals surface area contributed by atoms with Crippen LogP contribution < -0.4 is 15.8 Å². The van der Waals surface area contributed by atoms with E-state index in [-0.39, 0.29) is 30.5 Å². The Labute approximate surface area is 131 Å². The first-order valence-electron chi connectivity index (χ1n) is 6.44. The summed E-state index contributed by atoms with van der Waals surface area (Å²) in [6, 6.07) is 6.96. The van der Waals surface area contributed by atoms with Gasteiger partial charge in [-0.15, -0.1) is 12.4 Å². The summed E-state index contributed by atoms with van der Waals surface area (Å²) < 4.78 is 5.39. The van der Waals surface area contributed by atoms with Gasteiger partial charge in [0, 0.05) is 11.6 Å². The van der Waals surface area contributed by atoms with E-state index >= 15 is 0 Å². The molecule has 114 valence electrons. The molecule has 1 amide bonds. The Morgan fingerprint density at radius 2 is 2.05 bits per heavy atom. The Morgan fingerprint density at radius 1 is 1.40 bits per heavy atom. The predicted molar refractivity (Wildman–Crippen MR) is 84.7 cm³/mol. The van der Waals surface area contributed by atoms with Crippen molar-refractivity contribution in [3.63, 3.8) is 0 Å². The van der Waals surface area contributed by atoms with E-state index in [4.69, 9.17) is 22.1 Å². The highest BCUT2D eigenvalue weighted by atomic mass is 35.5. The smallest absolute Gasteiger partial charge is 0.258 e. The fourth-order valence-corrected chi connectivity index (χ4v) is 1.98. The van der Waals surface area contributed by atoms with Crippen molar-refractivity contribution in [2.24, 2.45) is 5.73 Å². The van der Waals surface area contributed by atoms with E-state index in [1.807, 2.05) is 13.8 Å². The standard InChI is InChI=1S/C14H21ClN2O2.ClH/c1-3-14(4-2,10-16)17-13(18)9-19-12-7-5-6-11(15)8-12;/h5-8H,3-4,9-10,16H2,1-2H3,(H,17,18);1H. The molecule has 0 aliphatic heterocycles. The van der Waals surface area contributed by atoms with Crippen LogP contribution >= 0.6 is 24.0 Å². The van der Waals surface area contributed by atoms with Gasteiger partial charge in [0.1, 0.15) is 5.75 Å². The second-order valence-corrected chi connectivity index (χ2v) is 4.92. The summed E-state index contributed by atoms with van der Waals surface area (Å²) >= 11 is 5.84. The predicted octanol–water partition coefficient (Wildman–Crippen LogP) is 2.77. The number of rotatable bonds is 7. The number of ether oxygens (including phenoxy) is 1. The first-order valence-corrected chi connectivity index (χ1v) is 6.82. The molecule has 0 radical (unpaired) electrons. The Kier molecular flexibility index (Phi) is 8.62. The number of hydrogen-bond acceptors (Lipinski definition) is 3. The van der Waals surface area contributed by atoms with Crippen molar-refractivity contribution in [3.05, 3.63) is 29.3 Å². The molecule has 0 saturated carbocycles. The third-order valence-electron chi connectivity index (χ3n) is 3.31. The van der Waals surface area contributed by atoms with Crippen LogP contribution in [-0.4, -0.2) is 24.6 Å². The number of amides is 1. The monoisotopic (exact) mass is 320 g/mol. The Bertz CT molecular complexity index is 415. The van der Waals surface area contributed by atoms with E-state index in [0.29, 0.717) is 17.3 Å². The van der Waals surface area contributed by atoms with Gasteiger partial charge in [-0.3, -0.25) is 4.79 Å². The van der Waals surface area contributed by atoms with Gasteiger partial charge in [-0.1, -0.05) is 31.5 Å². The summed E-state index contributed by atoms with van der Waals surface area (Å²) in [4.78, 5) is 11.9. The van der Waals surface area contributed by atoms with Crippen molar-refractivity contribution in [3.8, 4) is 5.75 Å². The number of halogens is 2. The number of nitrogens with two attached hydrogens (primary N) is 1. The van der Waals surface area contributed by atoms with Crippen LogP contribution in [0.4, 0.5) is 0 Å². The lowest BCUT2D eigenvalue weighted by Crippen LogP contribution is -2.54. The van der Waals surface area contributed by atoms with E-state index in [9.17, 15) is 4.79 Å². The summed E-state index contributed by atoms with van der Waals surface area (Å²) in [7, 11) is 0. The minimum atomic E-state index is -0.339. The van der Waals surface area contributed by atoms with Gasteiger partial charge in [0.2, 0.25) is 0 Å². The first-order chi connectivity index (χ1) is 9.05. The Hall–Kier alpha value is -0.970. The number of carbonyl (C=O) groups is 1. The van der Waals surface area contributed by atoms with E-state index in [2.05, 4.69) is 5.32 Å². The normalized spacial score (nSPS) is 10.6. The third kappa shape index (κ3) is 5.57. The van der Waals surface area contributed by atoms with Crippen molar-refractivity contribution < 1.29 is 9.53 Å². The summed E-state index contributed by atoms with van der Waals surface area (Å²) in [6.45, 7) is 4.40. The molecule has 0 aliphatic carbocycles. The van der Waals surface area contributed by atoms with Gasteiger partial charge in [0.15, 0.2) is 6.61 Å². The van der Waals surface area contributed by atoms with Crippen LogP contribution in [0.1, 0.15) is 26.7 Å². The van der Waals surface area contributed by atoms with E-state index in [1.165, 1.54) is 0 Å². The summed E-state index contributed by atoms with van der Waals surface area (Å²) in [5.74, 6) is 0.406. The number of hydrogen-bond donors (Lipinski definition) is 2. The zero-order valence-electron chi connectivity index (χ0n) is 11.8. The van der Waals surface area contributed by atoms with Crippen molar-refractivity contribution in [2.45, 2.75) is 32.2 Å². The van der Waals surface area contributed by atoms with Crippen molar-refractivity contribution >= 4 is 29.9 Å². The van der Waals surface area contributed by atoms with Gasteiger partial charge in [-0.25, -0.2) is 0 Å². The highest BCUT2D eigenvalue weighted by molar-refractivity contribution is 6.30. The molecule has 0 aliphatic rings. The lowest BCUT2D eigenvalue weighted by atomic mass is 9.93. The average Bonchev–Trinajstić information content (AvgIpc) is 2.43. The maximum absolute atomic E-state index is 11.9. The van der Waals surface area contributed by atoms with Gasteiger partial charge in [-0.05, 0) is 31.0 Å². The molecule has 1 aromatic carbocycles. The number of carbonyl (C=O) groups excluding carboxylic acids is 1. The van der Waals surface area contributed by atoms with Crippen LogP contribution in [0.5, 0.6) is 5.75 Å². The molecule has 20 heavy (non-hydrogen) atoms. The second-order valence-electron chi connectivity index (χ2n) is 4.49. The molecule has 0 aromatic heterocycles. The van der Waals surface area contributed by atoms with Gasteiger partial charge < -0.3 is 15.8 Å². The molecule has 0 fully saturated rings. The molecule has 0 atom stereocenters. The van der Waals surface area contributed by atoms with Crippen LogP contribution in [0.3, 0.4) is 0 Å². The maximum Gasteiger partial charge on any atom is 0.258 e. The lowest BCUT2D eigenvalue weighted by Gasteiger charge is -2.31. The highest BCUT2D eigenvalue weighted by Crippen LogP contribution is 2.17. The zero-order valence-corrected chi connectivity index (χ0v) is 13.4. The largest absolute Gasteiger partial charge is 0.484 e. The van der Waals surface area contributed by atoms with Crippen LogP contribution in [0.15, 0.2) is 24.3 Å². The van der Waals surface area contributed by atoms with Crippen LogP contribution in [0, 0.1) is 0 Å². The molecule has 1 aromatic rings. The Balaban J connectivity index is 0.00000361.